The predicted molar refractivity (Wildman–Crippen MR) is 84.6 cm³/mol. The first-order valence-electron chi connectivity index (χ1n) is 6.35. The lowest BCUT2D eigenvalue weighted by Gasteiger charge is -2.15. The number of hydrogen-bond acceptors (Lipinski definition) is 3. The van der Waals surface area contributed by atoms with Crippen LogP contribution >= 0.6 is 23.2 Å². The van der Waals surface area contributed by atoms with Crippen molar-refractivity contribution < 1.29 is 4.79 Å². The highest BCUT2D eigenvalue weighted by molar-refractivity contribution is 6.36. The van der Waals surface area contributed by atoms with Gasteiger partial charge in [-0.25, -0.2) is 0 Å². The van der Waals surface area contributed by atoms with Crippen molar-refractivity contribution in [2.75, 3.05) is 18.9 Å². The largest absolute Gasteiger partial charge is 0.324 e. The van der Waals surface area contributed by atoms with Gasteiger partial charge in [0.05, 0.1) is 23.5 Å². The second-order valence-corrected chi connectivity index (χ2v) is 5.71. The second kappa shape index (κ2) is 6.93. The van der Waals surface area contributed by atoms with E-state index in [0.717, 1.165) is 5.56 Å². The van der Waals surface area contributed by atoms with Gasteiger partial charge in [0, 0.05) is 30.4 Å². The van der Waals surface area contributed by atoms with Gasteiger partial charge in [0.2, 0.25) is 5.91 Å². The van der Waals surface area contributed by atoms with E-state index >= 15 is 0 Å². The third kappa shape index (κ3) is 4.74. The second-order valence-electron chi connectivity index (χ2n) is 4.87. The molecule has 0 saturated carbocycles. The molecule has 21 heavy (non-hydrogen) atoms. The Balaban J connectivity index is 1.89. The zero-order valence-corrected chi connectivity index (χ0v) is 13.3. The molecule has 0 fully saturated rings. The lowest BCUT2D eigenvalue weighted by atomic mass is 10.3. The monoisotopic (exact) mass is 326 g/mol. The normalized spacial score (nSPS) is 10.9. The van der Waals surface area contributed by atoms with Crippen molar-refractivity contribution in [3.63, 3.8) is 0 Å². The Morgan fingerprint density at radius 2 is 2.19 bits per heavy atom. The number of aromatic nitrogens is 2. The number of carbonyl (C=O) groups excluding carboxylic acids is 1. The number of hydrogen-bond donors (Lipinski definition) is 1. The van der Waals surface area contributed by atoms with Gasteiger partial charge in [-0.15, -0.1) is 0 Å². The summed E-state index contributed by atoms with van der Waals surface area (Å²) < 4.78 is 1.73. The van der Waals surface area contributed by atoms with Crippen LogP contribution in [0, 0.1) is 0 Å². The van der Waals surface area contributed by atoms with Gasteiger partial charge >= 0.3 is 0 Å². The number of carbonyl (C=O) groups is 1. The Morgan fingerprint density at radius 1 is 1.43 bits per heavy atom. The van der Waals surface area contributed by atoms with E-state index in [-0.39, 0.29) is 12.5 Å². The Hall–Kier alpha value is -1.56. The minimum absolute atomic E-state index is 0.134. The summed E-state index contributed by atoms with van der Waals surface area (Å²) in [5.41, 5.74) is 1.61. The smallest absolute Gasteiger partial charge is 0.238 e. The SMILES string of the molecule is CN(CC(=O)Nc1ccc(Cl)cc1Cl)Cc1cnn(C)c1. The van der Waals surface area contributed by atoms with Crippen LogP contribution < -0.4 is 5.32 Å². The summed E-state index contributed by atoms with van der Waals surface area (Å²) in [6.07, 6.45) is 3.70. The molecule has 1 aromatic heterocycles. The van der Waals surface area contributed by atoms with Crippen molar-refractivity contribution in [2.24, 2.45) is 7.05 Å². The van der Waals surface area contributed by atoms with Crippen LogP contribution in [0.25, 0.3) is 0 Å². The summed E-state index contributed by atoms with van der Waals surface area (Å²) in [6.45, 7) is 0.906. The van der Waals surface area contributed by atoms with Gasteiger partial charge in [-0.3, -0.25) is 14.4 Å². The topological polar surface area (TPSA) is 50.2 Å². The molecule has 2 aromatic rings. The molecule has 0 radical (unpaired) electrons. The van der Waals surface area contributed by atoms with Gasteiger partial charge in [0.25, 0.3) is 0 Å². The Bertz CT molecular complexity index is 642. The Labute approximate surface area is 133 Å². The van der Waals surface area contributed by atoms with Crippen LogP contribution in [0.15, 0.2) is 30.6 Å². The number of nitrogens with zero attached hydrogens (tertiary/aromatic N) is 3. The molecule has 0 aliphatic rings. The first-order valence-corrected chi connectivity index (χ1v) is 7.10. The Morgan fingerprint density at radius 3 is 2.81 bits per heavy atom. The number of likely N-dealkylation sites (N-methyl/N-ethyl adjacent to an activating group) is 1. The van der Waals surface area contributed by atoms with E-state index in [1.54, 1.807) is 29.1 Å². The van der Waals surface area contributed by atoms with Gasteiger partial charge in [-0.05, 0) is 25.2 Å². The zero-order valence-electron chi connectivity index (χ0n) is 11.8. The highest BCUT2D eigenvalue weighted by Gasteiger charge is 2.10. The van der Waals surface area contributed by atoms with Gasteiger partial charge in [0.15, 0.2) is 0 Å². The molecule has 112 valence electrons. The first kappa shape index (κ1) is 15.8. The minimum Gasteiger partial charge on any atom is -0.324 e. The number of anilines is 1. The lowest BCUT2D eigenvalue weighted by Crippen LogP contribution is -2.29. The van der Waals surface area contributed by atoms with Crippen LogP contribution in [-0.4, -0.2) is 34.2 Å². The molecular formula is C14H16Cl2N4O. The summed E-state index contributed by atoms with van der Waals surface area (Å²) in [4.78, 5) is 13.9. The van der Waals surface area contributed by atoms with E-state index in [0.29, 0.717) is 22.3 Å². The van der Waals surface area contributed by atoms with Crippen molar-refractivity contribution in [1.29, 1.82) is 0 Å². The molecule has 7 heteroatoms. The average Bonchev–Trinajstić information content (AvgIpc) is 2.78. The fourth-order valence-corrected chi connectivity index (χ4v) is 2.40. The summed E-state index contributed by atoms with van der Waals surface area (Å²) in [6, 6.07) is 4.96. The van der Waals surface area contributed by atoms with Crippen LogP contribution in [-0.2, 0) is 18.4 Å². The standard InChI is InChI=1S/C14H16Cl2N4O/c1-19(7-10-6-17-20(2)8-10)9-14(21)18-13-4-3-11(15)5-12(13)16/h3-6,8H,7,9H2,1-2H3,(H,18,21). The van der Waals surface area contributed by atoms with E-state index < -0.39 is 0 Å². The van der Waals surface area contributed by atoms with Crippen molar-refractivity contribution in [1.82, 2.24) is 14.7 Å². The van der Waals surface area contributed by atoms with E-state index in [2.05, 4.69) is 10.4 Å². The highest BCUT2D eigenvalue weighted by atomic mass is 35.5. The van der Waals surface area contributed by atoms with Crippen LogP contribution in [0.2, 0.25) is 10.0 Å². The molecule has 0 unspecified atom stereocenters. The number of halogens is 2. The molecule has 0 spiro atoms. The quantitative estimate of drug-likeness (QED) is 0.919. The summed E-state index contributed by atoms with van der Waals surface area (Å²) >= 11 is 11.8. The first-order chi connectivity index (χ1) is 9.94. The molecule has 0 bridgehead atoms. The maximum atomic E-state index is 12.0. The van der Waals surface area contributed by atoms with Crippen molar-refractivity contribution in [3.05, 3.63) is 46.2 Å². The zero-order chi connectivity index (χ0) is 15.4. The Kier molecular flexibility index (Phi) is 5.22. The predicted octanol–water partition coefficient (Wildman–Crippen LogP) is 2.80. The summed E-state index contributed by atoms with van der Waals surface area (Å²) in [5, 5.41) is 7.82. The van der Waals surface area contributed by atoms with Crippen molar-refractivity contribution in [3.8, 4) is 0 Å². The number of nitrogens with one attached hydrogen (secondary N) is 1. The van der Waals surface area contributed by atoms with E-state index in [4.69, 9.17) is 23.2 Å². The maximum absolute atomic E-state index is 12.0. The molecule has 1 aromatic carbocycles. The molecule has 0 atom stereocenters. The van der Waals surface area contributed by atoms with Crippen LogP contribution in [0.1, 0.15) is 5.56 Å². The molecule has 1 N–H and O–H groups in total. The summed E-state index contributed by atoms with van der Waals surface area (Å²) in [7, 11) is 3.73. The number of rotatable bonds is 5. The third-order valence-electron chi connectivity index (χ3n) is 2.83. The average molecular weight is 327 g/mol. The molecule has 0 aliphatic heterocycles. The van der Waals surface area contributed by atoms with Crippen LogP contribution in [0.4, 0.5) is 5.69 Å². The highest BCUT2D eigenvalue weighted by Crippen LogP contribution is 2.25. The fourth-order valence-electron chi connectivity index (χ4n) is 1.95. The lowest BCUT2D eigenvalue weighted by molar-refractivity contribution is -0.117. The van der Waals surface area contributed by atoms with E-state index in [1.165, 1.54) is 0 Å². The molecular weight excluding hydrogens is 311 g/mol. The third-order valence-corrected chi connectivity index (χ3v) is 3.38. The number of amides is 1. The summed E-state index contributed by atoms with van der Waals surface area (Å²) in [5.74, 6) is -0.134. The maximum Gasteiger partial charge on any atom is 0.238 e. The molecule has 0 aliphatic carbocycles. The molecule has 5 nitrogen and oxygen atoms in total. The van der Waals surface area contributed by atoms with Gasteiger partial charge in [0.1, 0.15) is 0 Å². The molecule has 0 saturated heterocycles. The van der Waals surface area contributed by atoms with Crippen LogP contribution in [0.5, 0.6) is 0 Å². The van der Waals surface area contributed by atoms with Crippen molar-refractivity contribution in [2.45, 2.75) is 6.54 Å². The van der Waals surface area contributed by atoms with E-state index in [9.17, 15) is 4.79 Å². The minimum atomic E-state index is -0.134. The van der Waals surface area contributed by atoms with E-state index in [1.807, 2.05) is 25.2 Å². The molecule has 1 heterocycles. The van der Waals surface area contributed by atoms with Gasteiger partial charge in [-0.1, -0.05) is 23.2 Å². The number of aryl methyl sites for hydroxylation is 1. The van der Waals surface area contributed by atoms with Gasteiger partial charge in [-0.2, -0.15) is 5.10 Å². The molecule has 1 amide bonds. The van der Waals surface area contributed by atoms with Crippen LogP contribution in [0.3, 0.4) is 0 Å². The fraction of sp³-hybridized carbons (Fsp3) is 0.286. The van der Waals surface area contributed by atoms with Crippen molar-refractivity contribution >= 4 is 34.8 Å². The number of benzene rings is 1. The molecule has 2 rings (SSSR count). The van der Waals surface area contributed by atoms with Gasteiger partial charge < -0.3 is 5.32 Å².